The van der Waals surface area contributed by atoms with Gasteiger partial charge in [-0.15, -0.1) is 0 Å². The van der Waals surface area contributed by atoms with Gasteiger partial charge in [-0.2, -0.15) is 0 Å². The van der Waals surface area contributed by atoms with Gasteiger partial charge in [-0.25, -0.2) is 4.79 Å². The lowest BCUT2D eigenvalue weighted by molar-refractivity contribution is -0.152. The molecule has 2 aliphatic heterocycles. The average Bonchev–Trinajstić information content (AvgIpc) is 3.00. The molecule has 3 aliphatic rings. The Hall–Kier alpha value is -2.22. The fourth-order valence-corrected chi connectivity index (χ4v) is 4.37. The van der Waals surface area contributed by atoms with Crippen molar-refractivity contribution < 1.29 is 34.4 Å². The highest BCUT2D eigenvalue weighted by Crippen LogP contribution is 2.46. The number of cyclic esters (lactones) is 1. The van der Waals surface area contributed by atoms with E-state index in [1.165, 1.54) is 0 Å². The summed E-state index contributed by atoms with van der Waals surface area (Å²) in [4.78, 5) is 25.6. The number of ketones is 1. The molecule has 2 fully saturated rings. The normalized spacial score (nSPS) is 38.6. The number of rotatable bonds is 3. The molecule has 1 saturated carbocycles. The van der Waals surface area contributed by atoms with E-state index in [1.807, 2.05) is 25.2 Å². The van der Waals surface area contributed by atoms with Gasteiger partial charge in [0, 0.05) is 25.2 Å². The van der Waals surface area contributed by atoms with Gasteiger partial charge in [-0.3, -0.25) is 4.79 Å². The van der Waals surface area contributed by atoms with E-state index in [4.69, 9.17) is 9.47 Å². The molecule has 7 nitrogen and oxygen atoms in total. The molecule has 0 spiro atoms. The van der Waals surface area contributed by atoms with Gasteiger partial charge in [0.2, 0.25) is 0 Å². The molecule has 7 atom stereocenters. The molecule has 0 aromatic heterocycles. The number of aliphatic hydroxyl groups excluding tert-OH is 3. The Balaban J connectivity index is 2.04. The quantitative estimate of drug-likeness (QED) is 0.480. The summed E-state index contributed by atoms with van der Waals surface area (Å²) >= 11 is 0. The van der Waals surface area contributed by atoms with E-state index in [0.717, 1.165) is 0 Å². The topological polar surface area (TPSA) is 113 Å². The van der Waals surface area contributed by atoms with Crippen LogP contribution in [0.25, 0.3) is 0 Å². The third-order valence-electron chi connectivity index (χ3n) is 5.60. The zero-order valence-electron chi connectivity index (χ0n) is 16.6. The summed E-state index contributed by atoms with van der Waals surface area (Å²) < 4.78 is 11.4. The molecule has 0 bridgehead atoms. The summed E-state index contributed by atoms with van der Waals surface area (Å²) in [6.07, 6.45) is 6.00. The van der Waals surface area contributed by atoms with Gasteiger partial charge in [0.25, 0.3) is 0 Å². The maximum Gasteiger partial charge on any atom is 0.338 e. The van der Waals surface area contributed by atoms with Crippen molar-refractivity contribution in [2.75, 3.05) is 0 Å². The van der Waals surface area contributed by atoms with Crippen LogP contribution in [0.1, 0.15) is 33.1 Å². The number of Topliss-reactive ketones (excluding diaryl/α,β-unsaturated/α-hetero) is 1. The van der Waals surface area contributed by atoms with Crippen molar-refractivity contribution in [3.63, 3.8) is 0 Å². The lowest BCUT2D eigenvalue weighted by atomic mass is 9.68. The summed E-state index contributed by atoms with van der Waals surface area (Å²) in [5.74, 6) is -2.55. The Bertz CT molecular complexity index is 763. The largest absolute Gasteiger partial charge is 0.486 e. The highest BCUT2D eigenvalue weighted by Gasteiger charge is 2.55. The maximum absolute atomic E-state index is 12.9. The number of esters is 1. The summed E-state index contributed by atoms with van der Waals surface area (Å²) in [5, 5.41) is 31.3. The molecule has 3 N–H and O–H groups in total. The molecule has 0 unspecified atom stereocenters. The van der Waals surface area contributed by atoms with Gasteiger partial charge in [-0.1, -0.05) is 30.4 Å². The maximum atomic E-state index is 12.9. The lowest BCUT2D eigenvalue weighted by Gasteiger charge is -2.39. The molecule has 0 amide bonds. The van der Waals surface area contributed by atoms with Crippen LogP contribution >= 0.6 is 0 Å². The van der Waals surface area contributed by atoms with Crippen LogP contribution in [0.4, 0.5) is 0 Å². The fraction of sp³-hybridized carbons (Fsp3) is 0.545. The van der Waals surface area contributed by atoms with Crippen LogP contribution in [0.2, 0.25) is 0 Å². The molecule has 158 valence electrons. The summed E-state index contributed by atoms with van der Waals surface area (Å²) in [6, 6.07) is 0. The predicted octanol–water partition coefficient (Wildman–Crippen LogP) is 1.34. The number of allylic oxidation sites excluding steroid dienone is 6. The molecular weight excluding hydrogens is 376 g/mol. The highest BCUT2D eigenvalue weighted by molar-refractivity contribution is 5.94. The van der Waals surface area contributed by atoms with Gasteiger partial charge >= 0.3 is 5.97 Å². The van der Waals surface area contributed by atoms with Crippen LogP contribution < -0.4 is 0 Å². The summed E-state index contributed by atoms with van der Waals surface area (Å²) in [5.41, 5.74) is 0.157. The van der Waals surface area contributed by atoms with Crippen LogP contribution in [0, 0.1) is 11.8 Å². The molecule has 0 radical (unpaired) electrons. The average molecular weight is 404 g/mol. The van der Waals surface area contributed by atoms with Crippen molar-refractivity contribution in [2.45, 2.75) is 63.6 Å². The summed E-state index contributed by atoms with van der Waals surface area (Å²) in [6.45, 7) is 3.55. The van der Waals surface area contributed by atoms with E-state index in [0.29, 0.717) is 0 Å². The first-order valence-electron chi connectivity index (χ1n) is 9.98. The molecule has 29 heavy (non-hydrogen) atoms. The molecule has 2 heterocycles. The highest BCUT2D eigenvalue weighted by atomic mass is 16.6. The minimum atomic E-state index is -1.15. The Morgan fingerprint density at radius 2 is 1.66 bits per heavy atom. The number of aliphatic hydroxyl groups is 3. The van der Waals surface area contributed by atoms with Gasteiger partial charge in [-0.05, 0) is 19.9 Å². The van der Waals surface area contributed by atoms with Crippen molar-refractivity contribution in [2.24, 2.45) is 11.8 Å². The second-order valence-electron chi connectivity index (χ2n) is 7.83. The zero-order valence-corrected chi connectivity index (χ0v) is 16.6. The number of ether oxygens (including phenoxy) is 2. The van der Waals surface area contributed by atoms with Crippen LogP contribution in [0.15, 0.2) is 47.8 Å². The zero-order chi connectivity index (χ0) is 21.1. The molecule has 1 aliphatic carbocycles. The minimum Gasteiger partial charge on any atom is -0.486 e. The molecule has 0 aromatic carbocycles. The molecule has 0 aromatic rings. The van der Waals surface area contributed by atoms with E-state index in [1.54, 1.807) is 25.2 Å². The molecule has 7 heteroatoms. The van der Waals surface area contributed by atoms with Gasteiger partial charge in [0.1, 0.15) is 23.8 Å². The molecule has 1 saturated heterocycles. The number of carbonyl (C=O) groups excluding carboxylic acids is 2. The van der Waals surface area contributed by atoms with Crippen molar-refractivity contribution >= 4 is 11.8 Å². The first kappa shape index (κ1) is 21.5. The van der Waals surface area contributed by atoms with Crippen molar-refractivity contribution in [3.05, 3.63) is 47.8 Å². The van der Waals surface area contributed by atoms with E-state index < -0.39 is 48.3 Å². The van der Waals surface area contributed by atoms with Gasteiger partial charge in [0.15, 0.2) is 0 Å². The Morgan fingerprint density at radius 3 is 2.38 bits per heavy atom. The Kier molecular flexibility index (Phi) is 6.72. The van der Waals surface area contributed by atoms with Gasteiger partial charge < -0.3 is 24.8 Å². The van der Waals surface area contributed by atoms with Crippen LogP contribution in [0.5, 0.6) is 0 Å². The van der Waals surface area contributed by atoms with E-state index in [-0.39, 0.29) is 36.4 Å². The molecular formula is C22H28O7. The fourth-order valence-electron chi connectivity index (χ4n) is 4.37. The Morgan fingerprint density at radius 1 is 0.931 bits per heavy atom. The number of hydrogen-bond acceptors (Lipinski definition) is 7. The lowest BCUT2D eigenvalue weighted by Crippen LogP contribution is -2.52. The van der Waals surface area contributed by atoms with Crippen molar-refractivity contribution in [1.82, 2.24) is 0 Å². The van der Waals surface area contributed by atoms with E-state index >= 15 is 0 Å². The third kappa shape index (κ3) is 4.52. The first-order chi connectivity index (χ1) is 13.8. The van der Waals surface area contributed by atoms with Crippen molar-refractivity contribution in [3.8, 4) is 0 Å². The van der Waals surface area contributed by atoms with Crippen molar-refractivity contribution in [1.29, 1.82) is 0 Å². The van der Waals surface area contributed by atoms with Gasteiger partial charge in [0.05, 0.1) is 29.8 Å². The number of carbonyl (C=O) groups is 2. The number of hydrogen-bond donors (Lipinski definition) is 3. The smallest absolute Gasteiger partial charge is 0.338 e. The van der Waals surface area contributed by atoms with Crippen LogP contribution in [-0.4, -0.2) is 57.6 Å². The Labute approximate surface area is 170 Å². The van der Waals surface area contributed by atoms with E-state index in [2.05, 4.69) is 0 Å². The monoisotopic (exact) mass is 404 g/mol. The predicted molar refractivity (Wildman–Crippen MR) is 104 cm³/mol. The minimum absolute atomic E-state index is 0.0118. The first-order valence-corrected chi connectivity index (χ1v) is 9.98. The second-order valence-corrected chi connectivity index (χ2v) is 7.83. The second kappa shape index (κ2) is 9.07. The standard InChI is InChI=1S/C22H28O7/c1-3-4-5-6-7-8-17-19-20-18(15(25)11-16(26)21(20)29-17)14(24)10-13(23)9-12(2)28-22(19)27/h3-8,12-14,16,18,20-21,23-24,26H,9-11H2,1-2H3/b4-3+,6-5+,8-7+/t12-,13+,14+,16+,18-,20-,21-/m0/s1. The van der Waals surface area contributed by atoms with Crippen LogP contribution in [0.3, 0.4) is 0 Å². The summed E-state index contributed by atoms with van der Waals surface area (Å²) in [7, 11) is 0. The third-order valence-corrected chi connectivity index (χ3v) is 5.60. The molecule has 3 rings (SSSR count). The SMILES string of the molecule is C/C=C/C=C/C=C/C1=C2C(=O)O[C@@H](C)C[C@@H](O)C[C@@H](O)[C@H]3C(=O)C[C@@H](O)[C@H](O1)[C@H]23. The van der Waals surface area contributed by atoms with Crippen LogP contribution in [-0.2, 0) is 19.1 Å². The van der Waals surface area contributed by atoms with E-state index in [9.17, 15) is 24.9 Å².